The third-order valence-electron chi connectivity index (χ3n) is 3.53. The molecule has 0 spiro atoms. The van der Waals surface area contributed by atoms with Crippen LogP contribution in [0.25, 0.3) is 16.9 Å². The van der Waals surface area contributed by atoms with Gasteiger partial charge in [0.25, 0.3) is 17.9 Å². The largest absolute Gasteiger partial charge is 0.365 e. The summed E-state index contributed by atoms with van der Waals surface area (Å²) in [7, 11) is 0. The maximum Gasteiger partial charge on any atom is 0.284 e. The van der Waals surface area contributed by atoms with Gasteiger partial charge < -0.3 is 5.73 Å². The maximum absolute atomic E-state index is 12.7. The van der Waals surface area contributed by atoms with E-state index in [1.807, 2.05) is 0 Å². The molecule has 2 aromatic heterocycles. The van der Waals surface area contributed by atoms with Gasteiger partial charge >= 0.3 is 0 Å². The molecule has 0 aliphatic heterocycles. The Morgan fingerprint density at radius 1 is 1.16 bits per heavy atom. The van der Waals surface area contributed by atoms with Crippen LogP contribution >= 0.6 is 0 Å². The number of carbonyl (C=O) groups excluding carboxylic acids is 1. The molecular weight excluding hydrogens is 330 g/mol. The minimum atomic E-state index is -2.59. The fourth-order valence-electron chi connectivity index (χ4n) is 2.27. The molecule has 0 unspecified atom stereocenters. The first-order chi connectivity index (χ1) is 12.0. The van der Waals surface area contributed by atoms with Gasteiger partial charge in [0, 0.05) is 17.3 Å². The lowest BCUT2D eigenvalue weighted by Crippen LogP contribution is -2.30. The zero-order valence-corrected chi connectivity index (χ0v) is 12.8. The van der Waals surface area contributed by atoms with Crippen LogP contribution in [0.3, 0.4) is 0 Å². The first-order valence-electron chi connectivity index (χ1n) is 7.20. The van der Waals surface area contributed by atoms with Crippen molar-refractivity contribution in [2.24, 2.45) is 5.73 Å². The fourth-order valence-corrected chi connectivity index (χ4v) is 2.27. The summed E-state index contributed by atoms with van der Waals surface area (Å²) in [6.07, 6.45) is 0.340. The Morgan fingerprint density at radius 3 is 2.44 bits per heavy atom. The number of hydrogen-bond donors (Lipinski definition) is 1. The van der Waals surface area contributed by atoms with Gasteiger partial charge in [0.1, 0.15) is 5.56 Å². The van der Waals surface area contributed by atoms with Crippen molar-refractivity contribution < 1.29 is 13.6 Å². The number of nitrogens with two attached hydrogens (primary N) is 1. The molecule has 0 bridgehead atoms. The molecule has 0 aliphatic carbocycles. The Labute approximate surface area is 140 Å². The normalized spacial score (nSPS) is 10.8. The highest BCUT2D eigenvalue weighted by molar-refractivity contribution is 5.93. The topological polar surface area (TPSA) is 90.9 Å². The molecule has 0 fully saturated rings. The average molecular weight is 342 g/mol. The van der Waals surface area contributed by atoms with Crippen LogP contribution in [0.4, 0.5) is 8.78 Å². The van der Waals surface area contributed by atoms with E-state index in [1.54, 1.807) is 12.1 Å². The van der Waals surface area contributed by atoms with Crippen molar-refractivity contribution in [2.75, 3.05) is 0 Å². The number of primary amides is 1. The molecule has 126 valence electrons. The van der Waals surface area contributed by atoms with Gasteiger partial charge in [-0.25, -0.2) is 8.78 Å². The van der Waals surface area contributed by atoms with Gasteiger partial charge in [0.05, 0.1) is 17.6 Å². The molecule has 0 radical (unpaired) electrons. The van der Waals surface area contributed by atoms with Crippen molar-refractivity contribution in [1.82, 2.24) is 14.8 Å². The summed E-state index contributed by atoms with van der Waals surface area (Å²) in [4.78, 5) is 27.9. The van der Waals surface area contributed by atoms with Crippen LogP contribution in [0.5, 0.6) is 0 Å². The molecule has 0 saturated heterocycles. The summed E-state index contributed by atoms with van der Waals surface area (Å²) in [5.41, 5.74) is 5.25. The van der Waals surface area contributed by atoms with Crippen LogP contribution in [-0.4, -0.2) is 20.7 Å². The molecule has 3 rings (SSSR count). The number of hydrogen-bond acceptors (Lipinski definition) is 4. The smallest absolute Gasteiger partial charge is 0.284 e. The van der Waals surface area contributed by atoms with Crippen LogP contribution in [0, 0.1) is 0 Å². The van der Waals surface area contributed by atoms with Crippen molar-refractivity contribution in [2.45, 2.75) is 6.43 Å². The Bertz CT molecular complexity index is 970. The Balaban J connectivity index is 2.19. The zero-order chi connectivity index (χ0) is 18.0. The van der Waals surface area contributed by atoms with Crippen LogP contribution in [0.15, 0.2) is 59.7 Å². The highest BCUT2D eigenvalue weighted by atomic mass is 19.3. The molecule has 25 heavy (non-hydrogen) atoms. The minimum Gasteiger partial charge on any atom is -0.365 e. The molecule has 0 saturated carbocycles. The number of benzene rings is 1. The van der Waals surface area contributed by atoms with E-state index in [1.165, 1.54) is 42.7 Å². The molecular formula is C17H12F2N4O2. The lowest BCUT2D eigenvalue weighted by molar-refractivity contribution is 0.0998. The summed E-state index contributed by atoms with van der Waals surface area (Å²) in [6.45, 7) is 0. The van der Waals surface area contributed by atoms with Gasteiger partial charge in [-0.3, -0.25) is 14.6 Å². The molecule has 1 aromatic carbocycles. The number of carbonyl (C=O) groups is 1. The van der Waals surface area contributed by atoms with E-state index in [0.29, 0.717) is 11.3 Å². The quantitative estimate of drug-likeness (QED) is 0.788. The van der Waals surface area contributed by atoms with Gasteiger partial charge in [-0.2, -0.15) is 9.78 Å². The van der Waals surface area contributed by atoms with E-state index in [0.717, 1.165) is 4.68 Å². The number of amides is 1. The minimum absolute atomic E-state index is 0.139. The highest BCUT2D eigenvalue weighted by Crippen LogP contribution is 2.23. The Kier molecular flexibility index (Phi) is 4.34. The van der Waals surface area contributed by atoms with Crippen LogP contribution in [-0.2, 0) is 0 Å². The van der Waals surface area contributed by atoms with Gasteiger partial charge in [0.2, 0.25) is 0 Å². The standard InChI is InChI=1S/C17H12F2N4O2/c18-15(19)11-5-3-10(4-6-11)14-8-13(16(20)24)17(25)23(22-14)12-2-1-7-21-9-12/h1-9,15H,(H2,20,24). The summed E-state index contributed by atoms with van der Waals surface area (Å²) in [5.74, 6) is -0.907. The van der Waals surface area contributed by atoms with Crippen molar-refractivity contribution in [3.63, 3.8) is 0 Å². The van der Waals surface area contributed by atoms with Crippen molar-refractivity contribution >= 4 is 5.91 Å². The number of pyridine rings is 1. The maximum atomic E-state index is 12.7. The summed E-state index contributed by atoms with van der Waals surface area (Å²) >= 11 is 0. The van der Waals surface area contributed by atoms with Crippen LogP contribution in [0.2, 0.25) is 0 Å². The summed E-state index contributed by atoms with van der Waals surface area (Å²) < 4.78 is 26.4. The SMILES string of the molecule is NC(=O)c1cc(-c2ccc(C(F)F)cc2)nn(-c2cccnc2)c1=O. The molecule has 2 N–H and O–H groups in total. The highest BCUT2D eigenvalue weighted by Gasteiger charge is 2.16. The Morgan fingerprint density at radius 2 is 1.88 bits per heavy atom. The second-order valence-corrected chi connectivity index (χ2v) is 5.16. The third-order valence-corrected chi connectivity index (χ3v) is 3.53. The number of nitrogens with zero attached hydrogens (tertiary/aromatic N) is 3. The second kappa shape index (κ2) is 6.60. The molecule has 3 aromatic rings. The van der Waals surface area contributed by atoms with Gasteiger partial charge in [-0.05, 0) is 18.2 Å². The molecule has 6 nitrogen and oxygen atoms in total. The van der Waals surface area contributed by atoms with Crippen LogP contribution < -0.4 is 11.3 Å². The molecule has 0 aliphatic rings. The van der Waals surface area contributed by atoms with E-state index >= 15 is 0 Å². The van der Waals surface area contributed by atoms with Gasteiger partial charge in [-0.1, -0.05) is 24.3 Å². The predicted molar refractivity (Wildman–Crippen MR) is 86.5 cm³/mol. The average Bonchev–Trinajstić information content (AvgIpc) is 2.62. The monoisotopic (exact) mass is 342 g/mol. The number of aromatic nitrogens is 3. The number of halogens is 2. The molecule has 0 atom stereocenters. The second-order valence-electron chi connectivity index (χ2n) is 5.16. The van der Waals surface area contributed by atoms with E-state index in [-0.39, 0.29) is 16.8 Å². The molecule has 1 amide bonds. The van der Waals surface area contributed by atoms with Crippen molar-refractivity contribution in [3.8, 4) is 16.9 Å². The lowest BCUT2D eigenvalue weighted by atomic mass is 10.1. The Hall–Kier alpha value is -3.42. The molecule has 8 heteroatoms. The van der Waals surface area contributed by atoms with E-state index in [9.17, 15) is 18.4 Å². The number of alkyl halides is 2. The summed E-state index contributed by atoms with van der Waals surface area (Å²) in [6, 6.07) is 9.83. The van der Waals surface area contributed by atoms with Gasteiger partial charge in [0.15, 0.2) is 0 Å². The first-order valence-corrected chi connectivity index (χ1v) is 7.20. The van der Waals surface area contributed by atoms with Crippen molar-refractivity contribution in [1.29, 1.82) is 0 Å². The van der Waals surface area contributed by atoms with Crippen LogP contribution in [0.1, 0.15) is 22.3 Å². The predicted octanol–water partition coefficient (Wildman–Crippen LogP) is 2.33. The van der Waals surface area contributed by atoms with Gasteiger partial charge in [-0.15, -0.1) is 0 Å². The number of rotatable bonds is 4. The first kappa shape index (κ1) is 16.4. The summed E-state index contributed by atoms with van der Waals surface area (Å²) in [5, 5.41) is 4.20. The molecule has 2 heterocycles. The zero-order valence-electron chi connectivity index (χ0n) is 12.8. The lowest BCUT2D eigenvalue weighted by Gasteiger charge is -2.09. The van der Waals surface area contributed by atoms with E-state index in [4.69, 9.17) is 5.73 Å². The fraction of sp³-hybridized carbons (Fsp3) is 0.0588. The van der Waals surface area contributed by atoms with E-state index in [2.05, 4.69) is 10.1 Å². The third kappa shape index (κ3) is 3.27. The van der Waals surface area contributed by atoms with Crippen molar-refractivity contribution in [3.05, 3.63) is 76.3 Å². The van der Waals surface area contributed by atoms with E-state index < -0.39 is 17.9 Å².